The van der Waals surface area contributed by atoms with E-state index >= 15 is 0 Å². The molecule has 18 heavy (non-hydrogen) atoms. The van der Waals surface area contributed by atoms with Crippen LogP contribution in [-0.2, 0) is 6.54 Å². The van der Waals surface area contributed by atoms with Gasteiger partial charge in [-0.15, -0.1) is 0 Å². The first-order valence-corrected chi connectivity index (χ1v) is 7.23. The molecule has 0 aliphatic rings. The molecule has 1 rings (SSSR count). The van der Waals surface area contributed by atoms with Gasteiger partial charge >= 0.3 is 0 Å². The van der Waals surface area contributed by atoms with Crippen molar-refractivity contribution in [3.63, 3.8) is 0 Å². The van der Waals surface area contributed by atoms with Crippen LogP contribution in [0.1, 0.15) is 45.3 Å². The molecule has 0 saturated carbocycles. The van der Waals surface area contributed by atoms with Crippen molar-refractivity contribution in [1.29, 1.82) is 0 Å². The average Bonchev–Trinajstić information content (AvgIpc) is 2.89. The van der Waals surface area contributed by atoms with E-state index in [0.29, 0.717) is 6.54 Å². The quantitative estimate of drug-likeness (QED) is 0.730. The number of hydrogen-bond donors (Lipinski definition) is 1. The Kier molecular flexibility index (Phi) is 7.49. The Bertz CT molecular complexity index is 317. The number of nitrogens with one attached hydrogen (secondary N) is 1. The molecule has 1 aromatic heterocycles. The van der Waals surface area contributed by atoms with Crippen molar-refractivity contribution in [1.82, 2.24) is 10.2 Å². The first-order valence-electron chi connectivity index (χ1n) is 6.83. The highest BCUT2D eigenvalue weighted by Gasteiger charge is 2.08. The van der Waals surface area contributed by atoms with Crippen LogP contribution in [0.5, 0.6) is 0 Å². The molecule has 0 saturated heterocycles. The summed E-state index contributed by atoms with van der Waals surface area (Å²) in [5.74, 6) is 0.920. The minimum Gasteiger partial charge on any atom is -0.467 e. The Morgan fingerprint density at radius 2 is 1.94 bits per heavy atom. The molecule has 0 aromatic carbocycles. The highest BCUT2D eigenvalue weighted by Crippen LogP contribution is 2.03. The van der Waals surface area contributed by atoms with Crippen LogP contribution in [0.3, 0.4) is 0 Å². The summed E-state index contributed by atoms with van der Waals surface area (Å²) in [5, 5.41) is 4.11. The van der Waals surface area contributed by atoms with Gasteiger partial charge in [-0.2, -0.15) is 0 Å². The van der Waals surface area contributed by atoms with Crippen molar-refractivity contribution in [3.8, 4) is 0 Å². The van der Waals surface area contributed by atoms with Gasteiger partial charge in [0.15, 0.2) is 5.11 Å². The van der Waals surface area contributed by atoms with Gasteiger partial charge < -0.3 is 14.6 Å². The van der Waals surface area contributed by atoms with E-state index in [1.165, 1.54) is 25.7 Å². The maximum atomic E-state index is 5.45. The number of furan rings is 1. The van der Waals surface area contributed by atoms with E-state index in [0.717, 1.165) is 24.0 Å². The third-order valence-electron chi connectivity index (χ3n) is 2.84. The van der Waals surface area contributed by atoms with E-state index in [4.69, 9.17) is 16.6 Å². The fourth-order valence-electron chi connectivity index (χ4n) is 1.70. The van der Waals surface area contributed by atoms with Crippen LogP contribution in [0.25, 0.3) is 0 Å². The van der Waals surface area contributed by atoms with E-state index < -0.39 is 0 Å². The summed E-state index contributed by atoms with van der Waals surface area (Å²) in [5.41, 5.74) is 0. The summed E-state index contributed by atoms with van der Waals surface area (Å²) >= 11 is 5.45. The number of unbranched alkanes of at least 4 members (excludes halogenated alkanes) is 2. The molecule has 0 aliphatic carbocycles. The van der Waals surface area contributed by atoms with Gasteiger partial charge in [0.2, 0.25) is 0 Å². The molecule has 0 fully saturated rings. The second-order valence-corrected chi connectivity index (χ2v) is 4.82. The summed E-state index contributed by atoms with van der Waals surface area (Å²) < 4.78 is 5.29. The van der Waals surface area contributed by atoms with Crippen LogP contribution in [0.15, 0.2) is 22.8 Å². The van der Waals surface area contributed by atoms with Gasteiger partial charge in [0.05, 0.1) is 12.8 Å². The van der Waals surface area contributed by atoms with Crippen molar-refractivity contribution < 1.29 is 4.42 Å². The first kappa shape index (κ1) is 15.0. The highest BCUT2D eigenvalue weighted by atomic mass is 32.1. The summed E-state index contributed by atoms with van der Waals surface area (Å²) in [6.45, 7) is 7.16. The van der Waals surface area contributed by atoms with Crippen LogP contribution in [0.2, 0.25) is 0 Å². The van der Waals surface area contributed by atoms with Gasteiger partial charge in [-0.05, 0) is 37.2 Å². The molecule has 4 heteroatoms. The number of hydrogen-bond acceptors (Lipinski definition) is 2. The Morgan fingerprint density at radius 1 is 1.28 bits per heavy atom. The fourth-order valence-corrected chi connectivity index (χ4v) is 1.96. The predicted octanol–water partition coefficient (Wildman–Crippen LogP) is 3.56. The van der Waals surface area contributed by atoms with Gasteiger partial charge in [-0.1, -0.05) is 26.7 Å². The summed E-state index contributed by atoms with van der Waals surface area (Å²) in [4.78, 5) is 2.27. The zero-order valence-corrected chi connectivity index (χ0v) is 12.3. The lowest BCUT2D eigenvalue weighted by atomic mass is 10.3. The molecule has 0 unspecified atom stereocenters. The van der Waals surface area contributed by atoms with Crippen molar-refractivity contribution in [2.24, 2.45) is 0 Å². The maximum Gasteiger partial charge on any atom is 0.169 e. The van der Waals surface area contributed by atoms with Crippen LogP contribution < -0.4 is 5.32 Å². The van der Waals surface area contributed by atoms with Gasteiger partial charge in [-0.3, -0.25) is 0 Å². The lowest BCUT2D eigenvalue weighted by Gasteiger charge is -2.25. The van der Waals surface area contributed by atoms with E-state index in [1.54, 1.807) is 6.26 Å². The van der Waals surface area contributed by atoms with Gasteiger partial charge in [0.25, 0.3) is 0 Å². The fraction of sp³-hybridized carbons (Fsp3) is 0.643. The number of thiocarbonyl (C=S) groups is 1. The minimum absolute atomic E-state index is 0.667. The zero-order chi connectivity index (χ0) is 13.2. The Labute approximate surface area is 116 Å². The molecule has 0 atom stereocenters. The third-order valence-corrected chi connectivity index (χ3v) is 3.25. The summed E-state index contributed by atoms with van der Waals surface area (Å²) in [7, 11) is 0. The van der Waals surface area contributed by atoms with Crippen molar-refractivity contribution in [2.45, 2.75) is 46.1 Å². The van der Waals surface area contributed by atoms with Crippen molar-refractivity contribution >= 4 is 17.3 Å². The predicted molar refractivity (Wildman–Crippen MR) is 79.5 cm³/mol. The van der Waals surface area contributed by atoms with Crippen LogP contribution >= 0.6 is 12.2 Å². The van der Waals surface area contributed by atoms with Crippen LogP contribution in [-0.4, -0.2) is 23.1 Å². The van der Waals surface area contributed by atoms with Crippen molar-refractivity contribution in [2.75, 3.05) is 13.1 Å². The van der Waals surface area contributed by atoms with Gasteiger partial charge in [-0.25, -0.2) is 0 Å². The molecule has 1 heterocycles. The van der Waals surface area contributed by atoms with Crippen LogP contribution in [0, 0.1) is 0 Å². The molecule has 0 radical (unpaired) electrons. The molecule has 0 spiro atoms. The molecule has 0 amide bonds. The highest BCUT2D eigenvalue weighted by molar-refractivity contribution is 7.80. The Hall–Kier alpha value is -1.03. The molecule has 102 valence electrons. The smallest absolute Gasteiger partial charge is 0.169 e. The second kappa shape index (κ2) is 8.97. The average molecular weight is 268 g/mol. The SMILES string of the molecule is CCCCN(CCCC)C(=S)NCc1ccco1. The second-order valence-electron chi connectivity index (χ2n) is 4.43. The normalized spacial score (nSPS) is 10.3. The maximum absolute atomic E-state index is 5.45. The Balaban J connectivity index is 2.36. The largest absolute Gasteiger partial charge is 0.467 e. The zero-order valence-electron chi connectivity index (χ0n) is 11.4. The molecule has 1 N–H and O–H groups in total. The summed E-state index contributed by atoms with van der Waals surface area (Å²) in [6, 6.07) is 3.85. The van der Waals surface area contributed by atoms with Crippen molar-refractivity contribution in [3.05, 3.63) is 24.2 Å². The Morgan fingerprint density at radius 3 is 2.44 bits per heavy atom. The number of rotatable bonds is 8. The molecule has 0 aliphatic heterocycles. The lowest BCUT2D eigenvalue weighted by Crippen LogP contribution is -2.40. The molecule has 3 nitrogen and oxygen atoms in total. The molecule has 0 bridgehead atoms. The topological polar surface area (TPSA) is 28.4 Å². The molecule has 1 aromatic rings. The third kappa shape index (κ3) is 5.54. The minimum atomic E-state index is 0.667. The summed E-state index contributed by atoms with van der Waals surface area (Å²) in [6.07, 6.45) is 6.46. The lowest BCUT2D eigenvalue weighted by molar-refractivity contribution is 0.389. The molecular formula is C14H24N2OS. The van der Waals surface area contributed by atoms with Gasteiger partial charge in [0, 0.05) is 13.1 Å². The monoisotopic (exact) mass is 268 g/mol. The standard InChI is InChI=1S/C14H24N2OS/c1-3-5-9-16(10-6-4-2)14(18)15-12-13-8-7-11-17-13/h7-8,11H,3-6,9-10,12H2,1-2H3,(H,15,18). The van der Waals surface area contributed by atoms with Gasteiger partial charge in [0.1, 0.15) is 5.76 Å². The van der Waals surface area contributed by atoms with E-state index in [2.05, 4.69) is 24.1 Å². The first-order chi connectivity index (χ1) is 8.77. The van der Waals surface area contributed by atoms with E-state index in [1.807, 2.05) is 12.1 Å². The molecular weight excluding hydrogens is 244 g/mol. The van der Waals surface area contributed by atoms with E-state index in [9.17, 15) is 0 Å². The van der Waals surface area contributed by atoms with Crippen LogP contribution in [0.4, 0.5) is 0 Å². The van der Waals surface area contributed by atoms with E-state index in [-0.39, 0.29) is 0 Å². The number of nitrogens with zero attached hydrogens (tertiary/aromatic N) is 1.